The van der Waals surface area contributed by atoms with Gasteiger partial charge in [0.05, 0.1) is 19.0 Å². The highest BCUT2D eigenvalue weighted by molar-refractivity contribution is 6.30. The second-order valence-corrected chi connectivity index (χ2v) is 6.37. The van der Waals surface area contributed by atoms with Crippen molar-refractivity contribution in [2.75, 3.05) is 7.11 Å². The number of rotatable bonds is 4. The standard InChI is InChI=1S/C20H15ClN4O2/c1-27-17-8-7-13(11-23-17)12-25-20(26)16-6-3-9-22-19(16)18(24-25)14-4-2-5-15(21)10-14/h2-11H,12H2,1H3. The lowest BCUT2D eigenvalue weighted by Crippen LogP contribution is -2.24. The van der Waals surface area contributed by atoms with Gasteiger partial charge in [-0.25, -0.2) is 9.67 Å². The summed E-state index contributed by atoms with van der Waals surface area (Å²) in [5, 5.41) is 5.67. The Kier molecular flexibility index (Phi) is 4.56. The van der Waals surface area contributed by atoms with Crippen LogP contribution in [0, 0.1) is 0 Å². The third kappa shape index (κ3) is 3.39. The van der Waals surface area contributed by atoms with Crippen molar-refractivity contribution in [3.63, 3.8) is 0 Å². The number of benzene rings is 1. The minimum Gasteiger partial charge on any atom is -0.481 e. The molecule has 0 atom stereocenters. The Morgan fingerprint density at radius 3 is 2.74 bits per heavy atom. The largest absolute Gasteiger partial charge is 0.481 e. The smallest absolute Gasteiger partial charge is 0.276 e. The number of fused-ring (bicyclic) bond motifs is 1. The fraction of sp³-hybridized carbons (Fsp3) is 0.100. The molecule has 7 heteroatoms. The van der Waals surface area contributed by atoms with E-state index in [0.29, 0.717) is 27.5 Å². The van der Waals surface area contributed by atoms with E-state index in [2.05, 4.69) is 15.1 Å². The number of hydrogen-bond donors (Lipinski definition) is 0. The van der Waals surface area contributed by atoms with E-state index in [0.717, 1.165) is 11.1 Å². The Hall–Kier alpha value is -3.25. The van der Waals surface area contributed by atoms with Gasteiger partial charge in [0.1, 0.15) is 11.2 Å². The maximum atomic E-state index is 12.9. The fourth-order valence-corrected chi connectivity index (χ4v) is 3.04. The number of ether oxygens (including phenoxy) is 1. The Bertz CT molecular complexity index is 1170. The summed E-state index contributed by atoms with van der Waals surface area (Å²) in [5.41, 5.74) is 2.58. The van der Waals surface area contributed by atoms with Gasteiger partial charge in [-0.3, -0.25) is 9.78 Å². The zero-order chi connectivity index (χ0) is 18.8. The third-order valence-electron chi connectivity index (χ3n) is 4.15. The van der Waals surface area contributed by atoms with Crippen molar-refractivity contribution in [1.82, 2.24) is 19.7 Å². The Labute approximate surface area is 160 Å². The summed E-state index contributed by atoms with van der Waals surface area (Å²) in [6.45, 7) is 0.286. The molecule has 3 aromatic heterocycles. The topological polar surface area (TPSA) is 69.9 Å². The van der Waals surface area contributed by atoms with E-state index in [1.54, 1.807) is 43.8 Å². The highest BCUT2D eigenvalue weighted by Crippen LogP contribution is 2.25. The van der Waals surface area contributed by atoms with Crippen molar-refractivity contribution in [3.8, 4) is 17.1 Å². The molecule has 0 N–H and O–H groups in total. The second-order valence-electron chi connectivity index (χ2n) is 5.93. The molecule has 0 fully saturated rings. The summed E-state index contributed by atoms with van der Waals surface area (Å²) in [7, 11) is 1.56. The SMILES string of the molecule is COc1ccc(Cn2nc(-c3cccc(Cl)c3)c3ncccc3c2=O)cn1. The van der Waals surface area contributed by atoms with E-state index in [9.17, 15) is 4.79 Å². The molecule has 0 aliphatic rings. The molecule has 0 bridgehead atoms. The summed E-state index contributed by atoms with van der Waals surface area (Å²) >= 11 is 6.14. The second kappa shape index (κ2) is 7.17. The van der Waals surface area contributed by atoms with Crippen LogP contribution in [-0.2, 0) is 6.54 Å². The van der Waals surface area contributed by atoms with Crippen molar-refractivity contribution in [1.29, 1.82) is 0 Å². The molecule has 0 saturated heterocycles. The maximum Gasteiger partial charge on any atom is 0.276 e. The highest BCUT2D eigenvalue weighted by atomic mass is 35.5. The van der Waals surface area contributed by atoms with E-state index in [1.165, 1.54) is 4.68 Å². The lowest BCUT2D eigenvalue weighted by Gasteiger charge is -2.11. The van der Waals surface area contributed by atoms with Crippen molar-refractivity contribution in [2.45, 2.75) is 6.54 Å². The molecule has 0 radical (unpaired) electrons. The number of nitrogens with zero attached hydrogens (tertiary/aromatic N) is 4. The number of hydrogen-bond acceptors (Lipinski definition) is 5. The highest BCUT2D eigenvalue weighted by Gasteiger charge is 2.14. The van der Waals surface area contributed by atoms with Gasteiger partial charge in [-0.2, -0.15) is 5.10 Å². The molecule has 4 aromatic rings. The summed E-state index contributed by atoms with van der Waals surface area (Å²) in [4.78, 5) is 21.4. The molecule has 3 heterocycles. The first-order valence-corrected chi connectivity index (χ1v) is 8.64. The zero-order valence-electron chi connectivity index (χ0n) is 14.5. The van der Waals surface area contributed by atoms with Crippen molar-refractivity contribution in [3.05, 3.63) is 81.9 Å². The van der Waals surface area contributed by atoms with Gasteiger partial charge in [0.25, 0.3) is 5.56 Å². The maximum absolute atomic E-state index is 12.9. The van der Waals surface area contributed by atoms with Crippen LogP contribution < -0.4 is 10.3 Å². The van der Waals surface area contributed by atoms with Gasteiger partial charge in [-0.1, -0.05) is 29.8 Å². The molecule has 0 aliphatic heterocycles. The third-order valence-corrected chi connectivity index (χ3v) is 4.39. The van der Waals surface area contributed by atoms with Gasteiger partial charge in [0, 0.05) is 29.0 Å². The van der Waals surface area contributed by atoms with E-state index in [1.807, 2.05) is 24.3 Å². The van der Waals surface area contributed by atoms with Crippen LogP contribution in [0.2, 0.25) is 5.02 Å². The van der Waals surface area contributed by atoms with Gasteiger partial charge in [-0.15, -0.1) is 0 Å². The molecule has 0 unspecified atom stereocenters. The minimum atomic E-state index is -0.209. The van der Waals surface area contributed by atoms with E-state index < -0.39 is 0 Å². The lowest BCUT2D eigenvalue weighted by molar-refractivity contribution is 0.397. The molecule has 4 rings (SSSR count). The van der Waals surface area contributed by atoms with Crippen LogP contribution in [-0.4, -0.2) is 26.9 Å². The van der Waals surface area contributed by atoms with Gasteiger partial charge in [0.15, 0.2) is 0 Å². The molecule has 0 spiro atoms. The molecule has 1 aromatic carbocycles. The van der Waals surface area contributed by atoms with Crippen molar-refractivity contribution < 1.29 is 4.74 Å². The molecule has 0 amide bonds. The van der Waals surface area contributed by atoms with Crippen LogP contribution in [0.1, 0.15) is 5.56 Å². The molecule has 27 heavy (non-hydrogen) atoms. The molecule has 0 saturated carbocycles. The number of halogens is 1. The van der Waals surface area contributed by atoms with Gasteiger partial charge >= 0.3 is 0 Å². The Morgan fingerprint density at radius 2 is 2.00 bits per heavy atom. The van der Waals surface area contributed by atoms with Gasteiger partial charge in [-0.05, 0) is 29.8 Å². The Balaban J connectivity index is 1.88. The van der Waals surface area contributed by atoms with Crippen LogP contribution in [0.3, 0.4) is 0 Å². The summed E-state index contributed by atoms with van der Waals surface area (Å²) < 4.78 is 6.49. The quantitative estimate of drug-likeness (QED) is 0.543. The first kappa shape index (κ1) is 17.2. The fourth-order valence-electron chi connectivity index (χ4n) is 2.85. The summed E-state index contributed by atoms with van der Waals surface area (Å²) in [5.74, 6) is 0.515. The van der Waals surface area contributed by atoms with E-state index >= 15 is 0 Å². The summed E-state index contributed by atoms with van der Waals surface area (Å²) in [6.07, 6.45) is 3.31. The molecule has 0 aliphatic carbocycles. The van der Waals surface area contributed by atoms with Crippen molar-refractivity contribution in [2.24, 2.45) is 0 Å². The number of pyridine rings is 2. The number of aromatic nitrogens is 4. The van der Waals surface area contributed by atoms with Gasteiger partial charge in [0.2, 0.25) is 5.88 Å². The first-order valence-electron chi connectivity index (χ1n) is 8.26. The average molecular weight is 379 g/mol. The monoisotopic (exact) mass is 378 g/mol. The van der Waals surface area contributed by atoms with Crippen LogP contribution >= 0.6 is 11.6 Å². The summed E-state index contributed by atoms with van der Waals surface area (Å²) in [6, 6.07) is 14.4. The van der Waals surface area contributed by atoms with E-state index in [-0.39, 0.29) is 12.1 Å². The molecular formula is C20H15ClN4O2. The number of methoxy groups -OCH3 is 1. The predicted octanol–water partition coefficient (Wildman–Crippen LogP) is 3.56. The van der Waals surface area contributed by atoms with Crippen LogP contribution in [0.5, 0.6) is 5.88 Å². The first-order chi connectivity index (χ1) is 13.2. The van der Waals surface area contributed by atoms with Crippen LogP contribution in [0.15, 0.2) is 65.7 Å². The zero-order valence-corrected chi connectivity index (χ0v) is 15.2. The molecular weight excluding hydrogens is 364 g/mol. The van der Waals surface area contributed by atoms with Crippen molar-refractivity contribution >= 4 is 22.5 Å². The normalized spacial score (nSPS) is 10.9. The van der Waals surface area contributed by atoms with Crippen LogP contribution in [0.4, 0.5) is 0 Å². The van der Waals surface area contributed by atoms with Crippen LogP contribution in [0.25, 0.3) is 22.2 Å². The predicted molar refractivity (Wildman–Crippen MR) is 104 cm³/mol. The average Bonchev–Trinajstić information content (AvgIpc) is 2.71. The molecule has 134 valence electrons. The minimum absolute atomic E-state index is 0.209. The molecule has 6 nitrogen and oxygen atoms in total. The van der Waals surface area contributed by atoms with E-state index in [4.69, 9.17) is 16.3 Å². The van der Waals surface area contributed by atoms with Gasteiger partial charge < -0.3 is 4.74 Å². The Morgan fingerprint density at radius 1 is 1.11 bits per heavy atom. The lowest BCUT2D eigenvalue weighted by atomic mass is 10.1.